The van der Waals surface area contributed by atoms with E-state index in [1.807, 2.05) is 30.5 Å². The second-order valence-corrected chi connectivity index (χ2v) is 13.4. The SMILES string of the molecule is c1ccc(-c2ccnc(-c3ccc(-c4ccc5c(-c6ccc7ccccc7c6)c6ccccc6c(-c6ccc7ccccc7c6)c5c4)cc3)n2)cc1. The van der Waals surface area contributed by atoms with Gasteiger partial charge in [0.2, 0.25) is 0 Å². The molecule has 2 nitrogen and oxygen atoms in total. The summed E-state index contributed by atoms with van der Waals surface area (Å²) in [5.41, 5.74) is 10.3. The van der Waals surface area contributed by atoms with Crippen LogP contribution in [0.25, 0.3) is 99.1 Å². The Morgan fingerprint density at radius 2 is 0.788 bits per heavy atom. The number of aromatic nitrogens is 2. The Labute approximate surface area is 302 Å². The van der Waals surface area contributed by atoms with Crippen LogP contribution in [0.3, 0.4) is 0 Å². The van der Waals surface area contributed by atoms with Crippen molar-refractivity contribution < 1.29 is 0 Å². The molecule has 1 aromatic heterocycles. The van der Waals surface area contributed by atoms with Gasteiger partial charge in [0.15, 0.2) is 5.82 Å². The van der Waals surface area contributed by atoms with Gasteiger partial charge in [0.1, 0.15) is 0 Å². The molecule has 0 aliphatic heterocycles. The van der Waals surface area contributed by atoms with E-state index in [0.29, 0.717) is 0 Å². The first-order chi connectivity index (χ1) is 25.8. The minimum atomic E-state index is 0.719. The monoisotopic (exact) mass is 660 g/mol. The van der Waals surface area contributed by atoms with Crippen LogP contribution in [0.2, 0.25) is 0 Å². The molecule has 10 rings (SSSR count). The van der Waals surface area contributed by atoms with E-state index in [0.717, 1.165) is 28.2 Å². The first-order valence-electron chi connectivity index (χ1n) is 17.7. The van der Waals surface area contributed by atoms with E-state index in [2.05, 4.69) is 169 Å². The summed E-state index contributed by atoms with van der Waals surface area (Å²) in [6.45, 7) is 0. The Balaban J connectivity index is 1.17. The van der Waals surface area contributed by atoms with E-state index in [1.54, 1.807) is 0 Å². The lowest BCUT2D eigenvalue weighted by Gasteiger charge is -2.19. The van der Waals surface area contributed by atoms with Crippen LogP contribution in [-0.2, 0) is 0 Å². The van der Waals surface area contributed by atoms with E-state index < -0.39 is 0 Å². The van der Waals surface area contributed by atoms with Crippen molar-refractivity contribution in [3.63, 3.8) is 0 Å². The molecule has 0 atom stereocenters. The van der Waals surface area contributed by atoms with Crippen molar-refractivity contribution in [1.29, 1.82) is 0 Å². The van der Waals surface area contributed by atoms with Gasteiger partial charge >= 0.3 is 0 Å². The Kier molecular flexibility index (Phi) is 7.18. The summed E-state index contributed by atoms with van der Waals surface area (Å²) in [6.07, 6.45) is 1.84. The quantitative estimate of drug-likeness (QED) is 0.172. The minimum absolute atomic E-state index is 0.719. The molecule has 1 heterocycles. The maximum atomic E-state index is 4.90. The van der Waals surface area contributed by atoms with Gasteiger partial charge in [-0.05, 0) is 101 Å². The molecule has 0 N–H and O–H groups in total. The molecule has 52 heavy (non-hydrogen) atoms. The second kappa shape index (κ2) is 12.5. The van der Waals surface area contributed by atoms with E-state index in [4.69, 9.17) is 4.98 Å². The van der Waals surface area contributed by atoms with Gasteiger partial charge in [0.05, 0.1) is 5.69 Å². The smallest absolute Gasteiger partial charge is 0.159 e. The Morgan fingerprint density at radius 3 is 1.44 bits per heavy atom. The van der Waals surface area contributed by atoms with Gasteiger partial charge < -0.3 is 0 Å². The number of benzene rings is 9. The largest absolute Gasteiger partial charge is 0.237 e. The molecule has 0 amide bonds. The Hall–Kier alpha value is -6.90. The van der Waals surface area contributed by atoms with Crippen LogP contribution in [-0.4, -0.2) is 9.97 Å². The second-order valence-electron chi connectivity index (χ2n) is 13.4. The Morgan fingerprint density at radius 1 is 0.288 bits per heavy atom. The molecule has 0 bridgehead atoms. The maximum absolute atomic E-state index is 4.90. The van der Waals surface area contributed by atoms with Gasteiger partial charge in [0, 0.05) is 17.3 Å². The fourth-order valence-electron chi connectivity index (χ4n) is 7.75. The van der Waals surface area contributed by atoms with Gasteiger partial charge in [0.25, 0.3) is 0 Å². The zero-order valence-electron chi connectivity index (χ0n) is 28.4. The fraction of sp³-hybridized carbons (Fsp3) is 0. The average Bonchev–Trinajstić information content (AvgIpc) is 3.22. The number of fused-ring (bicyclic) bond motifs is 4. The summed E-state index contributed by atoms with van der Waals surface area (Å²) < 4.78 is 0. The predicted octanol–water partition coefficient (Wildman–Crippen LogP) is 13.4. The summed E-state index contributed by atoms with van der Waals surface area (Å²) in [5, 5.41) is 9.94. The van der Waals surface area contributed by atoms with Crippen molar-refractivity contribution in [3.05, 3.63) is 194 Å². The molecule has 242 valence electrons. The third-order valence-corrected chi connectivity index (χ3v) is 10.3. The van der Waals surface area contributed by atoms with Crippen LogP contribution in [0.1, 0.15) is 0 Å². The summed E-state index contributed by atoms with van der Waals surface area (Å²) in [6, 6.07) is 67.7. The zero-order valence-corrected chi connectivity index (χ0v) is 28.4. The van der Waals surface area contributed by atoms with Crippen molar-refractivity contribution in [2.75, 3.05) is 0 Å². The predicted molar refractivity (Wildman–Crippen MR) is 219 cm³/mol. The molecule has 0 aliphatic carbocycles. The average molecular weight is 661 g/mol. The van der Waals surface area contributed by atoms with Crippen molar-refractivity contribution in [2.24, 2.45) is 0 Å². The van der Waals surface area contributed by atoms with Crippen molar-refractivity contribution in [2.45, 2.75) is 0 Å². The molecule has 9 aromatic carbocycles. The number of hydrogen-bond donors (Lipinski definition) is 0. The summed E-state index contributed by atoms with van der Waals surface area (Å²) in [5.74, 6) is 0.719. The lowest BCUT2D eigenvalue weighted by molar-refractivity contribution is 1.18. The van der Waals surface area contributed by atoms with Gasteiger partial charge in [-0.2, -0.15) is 0 Å². The van der Waals surface area contributed by atoms with Gasteiger partial charge in [-0.1, -0.05) is 164 Å². The van der Waals surface area contributed by atoms with E-state index in [9.17, 15) is 0 Å². The van der Waals surface area contributed by atoms with E-state index in [-0.39, 0.29) is 0 Å². The highest BCUT2D eigenvalue weighted by molar-refractivity contribution is 6.22. The number of nitrogens with zero attached hydrogens (tertiary/aromatic N) is 2. The number of rotatable bonds is 5. The molecule has 0 spiro atoms. The molecular weight excluding hydrogens is 629 g/mol. The number of hydrogen-bond acceptors (Lipinski definition) is 2. The fourth-order valence-corrected chi connectivity index (χ4v) is 7.75. The standard InChI is InChI=1S/C50H32N2/c1-2-12-36(13-3-1)47-28-29-51-50(52-47)37-22-18-35(19-23-37)40-26-27-45-46(32-40)49(42-25-21-34-11-5-7-15-39(34)31-42)44-17-9-8-16-43(44)48(45)41-24-20-33-10-4-6-14-38(33)30-41/h1-32H. The molecule has 0 saturated heterocycles. The first-order valence-corrected chi connectivity index (χ1v) is 17.7. The van der Waals surface area contributed by atoms with Crippen LogP contribution >= 0.6 is 0 Å². The van der Waals surface area contributed by atoms with E-state index in [1.165, 1.54) is 70.9 Å². The van der Waals surface area contributed by atoms with Crippen molar-refractivity contribution in [1.82, 2.24) is 9.97 Å². The molecule has 0 radical (unpaired) electrons. The lowest BCUT2D eigenvalue weighted by Crippen LogP contribution is -1.93. The molecular formula is C50H32N2. The molecule has 0 aliphatic rings. The van der Waals surface area contributed by atoms with E-state index >= 15 is 0 Å². The highest BCUT2D eigenvalue weighted by atomic mass is 14.9. The van der Waals surface area contributed by atoms with Crippen molar-refractivity contribution in [3.8, 4) is 56.0 Å². The minimum Gasteiger partial charge on any atom is -0.237 e. The van der Waals surface area contributed by atoms with Crippen molar-refractivity contribution >= 4 is 43.1 Å². The molecule has 0 fully saturated rings. The Bertz CT molecular complexity index is 2940. The highest BCUT2D eigenvalue weighted by Crippen LogP contribution is 2.45. The van der Waals surface area contributed by atoms with Crippen LogP contribution in [0.5, 0.6) is 0 Å². The molecule has 2 heteroatoms. The first kappa shape index (κ1) is 30.0. The third kappa shape index (κ3) is 5.21. The molecule has 10 aromatic rings. The highest BCUT2D eigenvalue weighted by Gasteiger charge is 2.18. The summed E-state index contributed by atoms with van der Waals surface area (Å²) >= 11 is 0. The van der Waals surface area contributed by atoms with Crippen LogP contribution in [0.15, 0.2) is 194 Å². The normalized spacial score (nSPS) is 11.5. The maximum Gasteiger partial charge on any atom is 0.159 e. The van der Waals surface area contributed by atoms with Gasteiger partial charge in [-0.3, -0.25) is 0 Å². The summed E-state index contributed by atoms with van der Waals surface area (Å²) in [4.78, 5) is 9.52. The lowest BCUT2D eigenvalue weighted by atomic mass is 9.84. The summed E-state index contributed by atoms with van der Waals surface area (Å²) in [7, 11) is 0. The van der Waals surface area contributed by atoms with Gasteiger partial charge in [-0.15, -0.1) is 0 Å². The molecule has 0 unspecified atom stereocenters. The zero-order chi connectivity index (χ0) is 34.4. The molecule has 0 saturated carbocycles. The van der Waals surface area contributed by atoms with Gasteiger partial charge in [-0.25, -0.2) is 9.97 Å². The van der Waals surface area contributed by atoms with Crippen LogP contribution < -0.4 is 0 Å². The van der Waals surface area contributed by atoms with Crippen LogP contribution in [0.4, 0.5) is 0 Å². The third-order valence-electron chi connectivity index (χ3n) is 10.3. The topological polar surface area (TPSA) is 25.8 Å². The van der Waals surface area contributed by atoms with Crippen LogP contribution in [0, 0.1) is 0 Å².